The fourth-order valence-corrected chi connectivity index (χ4v) is 0.985. The van der Waals surface area contributed by atoms with Crippen LogP contribution in [0.25, 0.3) is 0 Å². The Kier molecular flexibility index (Phi) is 5.41. The smallest absolute Gasteiger partial charge is 0.151 e. The van der Waals surface area contributed by atoms with Gasteiger partial charge in [0.15, 0.2) is 6.29 Å². The van der Waals surface area contributed by atoms with Crippen LogP contribution < -0.4 is 0 Å². The summed E-state index contributed by atoms with van der Waals surface area (Å²) in [5.74, 6) is 0. The molecule has 12 heavy (non-hydrogen) atoms. The molecule has 0 heterocycles. The first-order valence-electron chi connectivity index (χ1n) is 4.07. The van der Waals surface area contributed by atoms with Crippen LogP contribution in [0.2, 0.25) is 0 Å². The molecule has 0 aliphatic rings. The highest BCUT2D eigenvalue weighted by molar-refractivity contribution is 4.61. The van der Waals surface area contributed by atoms with Crippen molar-refractivity contribution in [1.29, 1.82) is 0 Å². The van der Waals surface area contributed by atoms with Crippen LogP contribution in [0, 0.1) is 0 Å². The maximum atomic E-state index is 8.91. The van der Waals surface area contributed by atoms with Crippen LogP contribution in [0.3, 0.4) is 0 Å². The molecule has 0 aromatic rings. The number of hydrogen-bond acceptors (Lipinski definition) is 4. The van der Waals surface area contributed by atoms with E-state index >= 15 is 0 Å². The van der Waals surface area contributed by atoms with Gasteiger partial charge < -0.3 is 9.84 Å². The molecule has 0 bridgehead atoms. The summed E-state index contributed by atoms with van der Waals surface area (Å²) in [5, 5.41) is 8.91. The molecule has 4 heteroatoms. The van der Waals surface area contributed by atoms with E-state index in [2.05, 4.69) is 0 Å². The fourth-order valence-electron chi connectivity index (χ4n) is 0.985. The molecule has 0 aliphatic heterocycles. The molecule has 0 saturated carbocycles. The normalized spacial score (nSPS) is 14.8. The van der Waals surface area contributed by atoms with Crippen molar-refractivity contribution in [2.45, 2.75) is 19.4 Å². The van der Waals surface area contributed by atoms with Gasteiger partial charge in [0.05, 0.1) is 12.8 Å². The van der Waals surface area contributed by atoms with Crippen molar-refractivity contribution in [1.82, 2.24) is 9.80 Å². The molecule has 0 aromatic heterocycles. The summed E-state index contributed by atoms with van der Waals surface area (Å²) >= 11 is 0. The largest absolute Gasteiger partial charge is 0.368 e. The summed E-state index contributed by atoms with van der Waals surface area (Å²) in [4.78, 5) is 4.09. The van der Waals surface area contributed by atoms with Gasteiger partial charge in [-0.2, -0.15) is 0 Å². The topological polar surface area (TPSA) is 35.9 Å². The third kappa shape index (κ3) is 4.66. The minimum Gasteiger partial charge on any atom is -0.368 e. The number of aliphatic hydroxyl groups excluding tert-OH is 1. The number of aliphatic hydroxyl groups is 1. The molecule has 0 aromatic carbocycles. The van der Waals surface area contributed by atoms with Gasteiger partial charge in [-0.25, -0.2) is 0 Å². The standard InChI is InChI=1S/C8H20N2O2/c1-7(11)12-6-8(9(2)3)10(4)5/h7-8,11H,6H2,1-5H3. The highest BCUT2D eigenvalue weighted by atomic mass is 16.6. The van der Waals surface area contributed by atoms with E-state index in [1.54, 1.807) is 6.92 Å². The minimum absolute atomic E-state index is 0.208. The first-order chi connectivity index (χ1) is 5.45. The Morgan fingerprint density at radius 2 is 1.58 bits per heavy atom. The van der Waals surface area contributed by atoms with E-state index in [9.17, 15) is 0 Å². The van der Waals surface area contributed by atoms with E-state index < -0.39 is 6.29 Å². The molecule has 1 unspecified atom stereocenters. The van der Waals surface area contributed by atoms with Gasteiger partial charge in [-0.15, -0.1) is 0 Å². The van der Waals surface area contributed by atoms with Crippen molar-refractivity contribution in [3.63, 3.8) is 0 Å². The van der Waals surface area contributed by atoms with Crippen LogP contribution in [-0.4, -0.2) is 62.2 Å². The molecule has 74 valence electrons. The summed E-state index contributed by atoms with van der Waals surface area (Å²) in [6.07, 6.45) is -0.480. The van der Waals surface area contributed by atoms with Crippen molar-refractivity contribution < 1.29 is 9.84 Å². The van der Waals surface area contributed by atoms with Crippen LogP contribution in [0.1, 0.15) is 6.92 Å². The monoisotopic (exact) mass is 176 g/mol. The Morgan fingerprint density at radius 1 is 1.17 bits per heavy atom. The Balaban J connectivity index is 3.80. The van der Waals surface area contributed by atoms with Crippen LogP contribution in [0.5, 0.6) is 0 Å². The van der Waals surface area contributed by atoms with Gasteiger partial charge in [0, 0.05) is 0 Å². The fraction of sp³-hybridized carbons (Fsp3) is 1.00. The van der Waals surface area contributed by atoms with Crippen LogP contribution in [0.4, 0.5) is 0 Å². The summed E-state index contributed by atoms with van der Waals surface area (Å²) in [6.45, 7) is 2.13. The molecule has 0 radical (unpaired) electrons. The summed E-state index contributed by atoms with van der Waals surface area (Å²) < 4.78 is 5.10. The predicted octanol–water partition coefficient (Wildman–Crippen LogP) is -0.209. The van der Waals surface area contributed by atoms with Crippen LogP contribution in [0.15, 0.2) is 0 Å². The number of nitrogens with zero attached hydrogens (tertiary/aromatic N) is 2. The van der Waals surface area contributed by atoms with Crippen LogP contribution >= 0.6 is 0 Å². The SMILES string of the molecule is CC(O)OCC(N(C)C)N(C)C. The third-order valence-electron chi connectivity index (χ3n) is 1.68. The van der Waals surface area contributed by atoms with Crippen molar-refractivity contribution >= 4 is 0 Å². The first kappa shape index (κ1) is 11.8. The molecule has 0 rings (SSSR count). The second-order valence-electron chi connectivity index (χ2n) is 3.34. The zero-order valence-corrected chi connectivity index (χ0v) is 8.61. The van der Waals surface area contributed by atoms with Crippen molar-refractivity contribution in [3.05, 3.63) is 0 Å². The molecular weight excluding hydrogens is 156 g/mol. The Bertz CT molecular complexity index is 108. The van der Waals surface area contributed by atoms with Crippen LogP contribution in [-0.2, 0) is 4.74 Å². The highest BCUT2D eigenvalue weighted by Crippen LogP contribution is 1.99. The van der Waals surface area contributed by atoms with E-state index in [4.69, 9.17) is 9.84 Å². The maximum Gasteiger partial charge on any atom is 0.151 e. The zero-order chi connectivity index (χ0) is 9.72. The Hall–Kier alpha value is -0.160. The maximum absolute atomic E-state index is 8.91. The van der Waals surface area contributed by atoms with Gasteiger partial charge in [0.1, 0.15) is 0 Å². The molecule has 1 atom stereocenters. The van der Waals surface area contributed by atoms with Crippen molar-refractivity contribution in [2.24, 2.45) is 0 Å². The van der Waals surface area contributed by atoms with E-state index in [-0.39, 0.29) is 6.17 Å². The lowest BCUT2D eigenvalue weighted by atomic mass is 10.4. The summed E-state index contributed by atoms with van der Waals surface area (Å²) in [6, 6.07) is 0. The van der Waals surface area contributed by atoms with Gasteiger partial charge in [-0.05, 0) is 35.1 Å². The molecule has 4 nitrogen and oxygen atoms in total. The third-order valence-corrected chi connectivity index (χ3v) is 1.68. The van der Waals surface area contributed by atoms with Gasteiger partial charge >= 0.3 is 0 Å². The minimum atomic E-state index is -0.688. The molecule has 0 fully saturated rings. The first-order valence-corrected chi connectivity index (χ1v) is 4.07. The second-order valence-corrected chi connectivity index (χ2v) is 3.34. The lowest BCUT2D eigenvalue weighted by molar-refractivity contribution is -0.113. The Labute approximate surface area is 74.7 Å². The summed E-state index contributed by atoms with van der Waals surface area (Å²) in [7, 11) is 7.93. The van der Waals surface area contributed by atoms with E-state index in [1.807, 2.05) is 38.0 Å². The van der Waals surface area contributed by atoms with Gasteiger partial charge in [-0.3, -0.25) is 9.80 Å². The van der Waals surface area contributed by atoms with Crippen molar-refractivity contribution in [2.75, 3.05) is 34.8 Å². The molecular formula is C8H20N2O2. The van der Waals surface area contributed by atoms with Gasteiger partial charge in [-0.1, -0.05) is 0 Å². The highest BCUT2D eigenvalue weighted by Gasteiger charge is 2.14. The molecule has 0 aliphatic carbocycles. The quantitative estimate of drug-likeness (QED) is 0.588. The van der Waals surface area contributed by atoms with E-state index in [0.29, 0.717) is 6.61 Å². The van der Waals surface area contributed by atoms with E-state index in [1.165, 1.54) is 0 Å². The van der Waals surface area contributed by atoms with Gasteiger partial charge in [0.25, 0.3) is 0 Å². The lowest BCUT2D eigenvalue weighted by Crippen LogP contribution is -2.44. The number of hydrogen-bond donors (Lipinski definition) is 1. The van der Waals surface area contributed by atoms with Crippen molar-refractivity contribution in [3.8, 4) is 0 Å². The number of ether oxygens (including phenoxy) is 1. The molecule has 0 amide bonds. The van der Waals surface area contributed by atoms with E-state index in [0.717, 1.165) is 0 Å². The molecule has 0 saturated heterocycles. The Morgan fingerprint density at radius 3 is 1.83 bits per heavy atom. The average Bonchev–Trinajstić information content (AvgIpc) is 1.84. The predicted molar refractivity (Wildman–Crippen MR) is 48.8 cm³/mol. The second kappa shape index (κ2) is 5.48. The molecule has 1 N–H and O–H groups in total. The lowest BCUT2D eigenvalue weighted by Gasteiger charge is -2.30. The van der Waals surface area contributed by atoms with Gasteiger partial charge in [0.2, 0.25) is 0 Å². The zero-order valence-electron chi connectivity index (χ0n) is 8.61. The number of likely N-dealkylation sites (N-methyl/N-ethyl adjacent to an activating group) is 2. The number of rotatable bonds is 5. The average molecular weight is 176 g/mol. The summed E-state index contributed by atoms with van der Waals surface area (Å²) in [5.41, 5.74) is 0. The molecule has 0 spiro atoms.